The highest BCUT2D eigenvalue weighted by Gasteiger charge is 2.06. The van der Waals surface area contributed by atoms with Crippen LogP contribution in [0, 0.1) is 0 Å². The molecule has 0 aromatic heterocycles. The predicted molar refractivity (Wildman–Crippen MR) is 67.4 cm³/mol. The number of aliphatic hydroxyl groups is 1. The molecule has 1 aliphatic heterocycles. The molecule has 1 atom stereocenters. The molecule has 78 valence electrons. The molecule has 1 aromatic carbocycles. The van der Waals surface area contributed by atoms with Gasteiger partial charge in [0.2, 0.25) is 0 Å². The lowest BCUT2D eigenvalue weighted by Gasteiger charge is -2.10. The van der Waals surface area contributed by atoms with Crippen LogP contribution in [0.15, 0.2) is 64.5 Å². The summed E-state index contributed by atoms with van der Waals surface area (Å²) >= 11 is 0. The SMILES string of the molecule is C=CCc1ccc([SH]2C=CC(O)=C2)cc1. The maximum absolute atomic E-state index is 9.28. The van der Waals surface area contributed by atoms with E-state index in [0.29, 0.717) is 5.76 Å². The van der Waals surface area contributed by atoms with Gasteiger partial charge in [-0.2, -0.15) is 10.9 Å². The first-order valence-corrected chi connectivity index (χ1v) is 6.35. The summed E-state index contributed by atoms with van der Waals surface area (Å²) in [7, 11) is -0.420. The van der Waals surface area contributed by atoms with Gasteiger partial charge in [-0.25, -0.2) is 0 Å². The average molecular weight is 218 g/mol. The van der Waals surface area contributed by atoms with E-state index in [1.165, 1.54) is 10.5 Å². The summed E-state index contributed by atoms with van der Waals surface area (Å²) < 4.78 is 0. The normalized spacial score (nSPS) is 21.3. The largest absolute Gasteiger partial charge is 0.507 e. The van der Waals surface area contributed by atoms with Crippen LogP contribution < -0.4 is 0 Å². The quantitative estimate of drug-likeness (QED) is 0.585. The summed E-state index contributed by atoms with van der Waals surface area (Å²) in [5.41, 5.74) is 1.28. The van der Waals surface area contributed by atoms with Gasteiger partial charge >= 0.3 is 0 Å². The van der Waals surface area contributed by atoms with E-state index in [1.54, 1.807) is 6.08 Å². The zero-order valence-corrected chi connectivity index (χ0v) is 9.32. The van der Waals surface area contributed by atoms with E-state index >= 15 is 0 Å². The number of aliphatic hydroxyl groups excluding tert-OH is 1. The van der Waals surface area contributed by atoms with Crippen LogP contribution in [-0.2, 0) is 6.42 Å². The highest BCUT2D eigenvalue weighted by molar-refractivity contribution is 8.22. The topological polar surface area (TPSA) is 20.2 Å². The van der Waals surface area contributed by atoms with Crippen LogP contribution in [0.4, 0.5) is 0 Å². The van der Waals surface area contributed by atoms with E-state index in [4.69, 9.17) is 0 Å². The minimum atomic E-state index is -0.420. The highest BCUT2D eigenvalue weighted by atomic mass is 32.2. The Kier molecular flexibility index (Phi) is 2.97. The summed E-state index contributed by atoms with van der Waals surface area (Å²) in [5.74, 6) is 0.385. The monoisotopic (exact) mass is 218 g/mol. The molecule has 0 bridgehead atoms. The molecule has 0 aliphatic carbocycles. The van der Waals surface area contributed by atoms with Crippen LogP contribution in [0.1, 0.15) is 5.56 Å². The third-order valence-electron chi connectivity index (χ3n) is 2.29. The van der Waals surface area contributed by atoms with E-state index < -0.39 is 10.9 Å². The maximum Gasteiger partial charge on any atom is 0.121 e. The van der Waals surface area contributed by atoms with Gasteiger partial charge in [-0.1, -0.05) is 18.2 Å². The van der Waals surface area contributed by atoms with Crippen LogP contribution >= 0.6 is 10.9 Å². The summed E-state index contributed by atoms with van der Waals surface area (Å²) in [5, 5.41) is 13.3. The molecule has 0 spiro atoms. The van der Waals surface area contributed by atoms with Crippen molar-refractivity contribution in [3.8, 4) is 0 Å². The first kappa shape index (κ1) is 10.1. The van der Waals surface area contributed by atoms with Crippen molar-refractivity contribution in [2.75, 3.05) is 0 Å². The lowest BCUT2D eigenvalue weighted by molar-refractivity contribution is 0.435. The van der Waals surface area contributed by atoms with Crippen molar-refractivity contribution in [1.29, 1.82) is 0 Å². The third kappa shape index (κ3) is 2.34. The van der Waals surface area contributed by atoms with Gasteiger partial charge in [-0.15, -0.1) is 6.58 Å². The lowest BCUT2D eigenvalue weighted by atomic mass is 10.2. The van der Waals surface area contributed by atoms with Crippen LogP contribution in [0.3, 0.4) is 0 Å². The van der Waals surface area contributed by atoms with Crippen LogP contribution in [0.2, 0.25) is 0 Å². The first-order valence-electron chi connectivity index (χ1n) is 4.87. The molecule has 0 fully saturated rings. The van der Waals surface area contributed by atoms with Crippen molar-refractivity contribution < 1.29 is 5.11 Å². The molecule has 1 nitrogen and oxygen atoms in total. The smallest absolute Gasteiger partial charge is 0.121 e. The minimum absolute atomic E-state index is 0.385. The fourth-order valence-corrected chi connectivity index (χ4v) is 3.10. The van der Waals surface area contributed by atoms with Crippen LogP contribution in [0.5, 0.6) is 0 Å². The van der Waals surface area contributed by atoms with Crippen molar-refractivity contribution in [3.63, 3.8) is 0 Å². The van der Waals surface area contributed by atoms with Crippen LogP contribution in [0.25, 0.3) is 0 Å². The van der Waals surface area contributed by atoms with Gasteiger partial charge in [0.15, 0.2) is 0 Å². The molecule has 1 heterocycles. The number of thiol groups is 1. The standard InChI is InChI=1S/C13H14OS/c1-2-3-11-4-6-13(7-5-11)15-9-8-12(14)10-15/h2,4-10,14-15H,1,3H2. The zero-order chi connectivity index (χ0) is 10.7. The molecule has 0 saturated carbocycles. The number of rotatable bonds is 3. The molecule has 1 aromatic rings. The molecule has 1 unspecified atom stereocenters. The molecule has 2 rings (SSSR count). The number of benzene rings is 1. The van der Waals surface area contributed by atoms with Crippen molar-refractivity contribution in [2.45, 2.75) is 11.3 Å². The Labute approximate surface area is 92.8 Å². The van der Waals surface area contributed by atoms with Crippen molar-refractivity contribution in [3.05, 3.63) is 65.1 Å². The maximum atomic E-state index is 9.28. The molecule has 2 heteroatoms. The van der Waals surface area contributed by atoms with E-state index in [1.807, 2.05) is 11.5 Å². The van der Waals surface area contributed by atoms with Crippen molar-refractivity contribution in [1.82, 2.24) is 0 Å². The van der Waals surface area contributed by atoms with Gasteiger partial charge in [0, 0.05) is 5.41 Å². The molecule has 0 amide bonds. The molecular weight excluding hydrogens is 204 g/mol. The Hall–Kier alpha value is -1.41. The number of allylic oxidation sites excluding steroid dienone is 2. The Balaban J connectivity index is 2.17. The van der Waals surface area contributed by atoms with Gasteiger partial charge in [0.05, 0.1) is 0 Å². The van der Waals surface area contributed by atoms with Crippen molar-refractivity contribution in [2.24, 2.45) is 0 Å². The lowest BCUT2D eigenvalue weighted by Crippen LogP contribution is -1.81. The number of hydrogen-bond acceptors (Lipinski definition) is 1. The Bertz CT molecular complexity index is 415. The van der Waals surface area contributed by atoms with E-state index in [2.05, 4.69) is 36.3 Å². The van der Waals surface area contributed by atoms with Gasteiger partial charge in [-0.3, -0.25) is 0 Å². The molecular formula is C13H14OS. The second-order valence-electron chi connectivity index (χ2n) is 3.44. The van der Waals surface area contributed by atoms with Gasteiger partial charge in [0.1, 0.15) is 5.76 Å². The van der Waals surface area contributed by atoms with E-state index in [0.717, 1.165) is 6.42 Å². The second-order valence-corrected chi connectivity index (χ2v) is 5.32. The van der Waals surface area contributed by atoms with Gasteiger partial charge in [-0.05, 0) is 40.5 Å². The predicted octanol–water partition coefficient (Wildman–Crippen LogP) is 3.70. The third-order valence-corrected chi connectivity index (χ3v) is 4.20. The molecule has 1 N–H and O–H groups in total. The Morgan fingerprint density at radius 2 is 2.00 bits per heavy atom. The van der Waals surface area contributed by atoms with E-state index in [-0.39, 0.29) is 0 Å². The summed E-state index contributed by atoms with van der Waals surface area (Å²) in [6.45, 7) is 3.72. The van der Waals surface area contributed by atoms with Crippen LogP contribution in [-0.4, -0.2) is 5.11 Å². The Morgan fingerprint density at radius 3 is 2.53 bits per heavy atom. The first-order chi connectivity index (χ1) is 7.29. The summed E-state index contributed by atoms with van der Waals surface area (Å²) in [6.07, 6.45) is 4.58. The average Bonchev–Trinajstić information content (AvgIpc) is 2.67. The fourth-order valence-electron chi connectivity index (χ4n) is 1.52. The van der Waals surface area contributed by atoms with Gasteiger partial charge < -0.3 is 5.11 Å². The molecule has 15 heavy (non-hydrogen) atoms. The zero-order valence-electron chi connectivity index (χ0n) is 8.43. The van der Waals surface area contributed by atoms with E-state index in [9.17, 15) is 5.11 Å². The summed E-state index contributed by atoms with van der Waals surface area (Å²) in [4.78, 5) is 1.28. The Morgan fingerprint density at radius 1 is 1.27 bits per heavy atom. The second kappa shape index (κ2) is 4.41. The van der Waals surface area contributed by atoms with Gasteiger partial charge in [0.25, 0.3) is 0 Å². The minimum Gasteiger partial charge on any atom is -0.507 e. The molecule has 0 saturated heterocycles. The fraction of sp³-hybridized carbons (Fsp3) is 0.0769. The number of hydrogen-bond donors (Lipinski definition) is 2. The molecule has 0 radical (unpaired) electrons. The summed E-state index contributed by atoms with van der Waals surface area (Å²) in [6, 6.07) is 8.50. The molecule has 1 aliphatic rings. The van der Waals surface area contributed by atoms with Crippen molar-refractivity contribution >= 4 is 10.9 Å². The highest BCUT2D eigenvalue weighted by Crippen LogP contribution is 2.43.